The zero-order valence-corrected chi connectivity index (χ0v) is 13.5. The molecule has 0 atom stereocenters. The van der Waals surface area contributed by atoms with Crippen molar-refractivity contribution < 1.29 is 9.34 Å². The molecule has 0 aliphatic heterocycles. The van der Waals surface area contributed by atoms with Gasteiger partial charge in [0.25, 0.3) is 0 Å². The minimum absolute atomic E-state index is 0.168. The fourth-order valence-electron chi connectivity index (χ4n) is 1.97. The van der Waals surface area contributed by atoms with Gasteiger partial charge in [0.1, 0.15) is 11.5 Å². The summed E-state index contributed by atoms with van der Waals surface area (Å²) in [4.78, 5) is 10.7. The van der Waals surface area contributed by atoms with Crippen molar-refractivity contribution in [3.05, 3.63) is 62.4 Å². The van der Waals surface area contributed by atoms with Crippen LogP contribution in [0.1, 0.15) is 26.0 Å². The minimum atomic E-state index is -0.345. The quantitative estimate of drug-likeness (QED) is 0.538. The Morgan fingerprint density at radius 1 is 1.29 bits per heavy atom. The fourth-order valence-corrected chi connectivity index (χ4v) is 2.23. The lowest BCUT2D eigenvalue weighted by Crippen LogP contribution is -2.02. The Kier molecular flexibility index (Phi) is 4.96. The van der Waals surface area contributed by atoms with Crippen molar-refractivity contribution in [2.45, 2.75) is 20.3 Å². The Balaban J connectivity index is 2.26. The van der Waals surface area contributed by atoms with Crippen LogP contribution < -0.4 is 0 Å². The number of halogens is 1. The smallest absolute Gasteiger partial charge is 0.250 e. The topological polar surface area (TPSA) is 56.3 Å². The molecule has 110 valence electrons. The third kappa shape index (κ3) is 4.29. The Hall–Kier alpha value is -1.88. The van der Waals surface area contributed by atoms with E-state index < -0.39 is 0 Å². The van der Waals surface area contributed by atoms with Crippen LogP contribution in [0.15, 0.2) is 51.0 Å². The zero-order valence-electron chi connectivity index (χ0n) is 11.9. The largest absolute Gasteiger partial charge is 0.456 e. The molecule has 5 heteroatoms. The molecule has 4 nitrogen and oxygen atoms in total. The lowest BCUT2D eigenvalue weighted by Gasteiger charge is -2.01. The van der Waals surface area contributed by atoms with Crippen LogP contribution in [-0.4, -0.2) is 4.92 Å². The standard InChI is InChI=1S/C16H16BrNO3/c1-11(2)9-14(18(19)20)10-15-7-8-16(21-15)12-3-5-13(17)6-4-12/h3-8,10-11H,9H2,1-2H3. The van der Waals surface area contributed by atoms with E-state index in [0.29, 0.717) is 17.9 Å². The molecule has 0 aliphatic rings. The van der Waals surface area contributed by atoms with Crippen molar-refractivity contribution in [1.82, 2.24) is 0 Å². The SMILES string of the molecule is CC(C)CC(=Cc1ccc(-c2ccc(Br)cc2)o1)[N+](=O)[O-]. The highest BCUT2D eigenvalue weighted by Gasteiger charge is 2.14. The number of hydrogen-bond donors (Lipinski definition) is 0. The van der Waals surface area contributed by atoms with Crippen LogP contribution in [0, 0.1) is 16.0 Å². The van der Waals surface area contributed by atoms with E-state index in [4.69, 9.17) is 4.42 Å². The van der Waals surface area contributed by atoms with Crippen LogP contribution in [0.25, 0.3) is 17.4 Å². The van der Waals surface area contributed by atoms with E-state index in [1.807, 2.05) is 44.2 Å². The summed E-state index contributed by atoms with van der Waals surface area (Å²) < 4.78 is 6.67. The number of nitrogens with zero attached hydrogens (tertiary/aromatic N) is 1. The molecule has 0 radical (unpaired) electrons. The first-order valence-corrected chi connectivity index (χ1v) is 7.45. The van der Waals surface area contributed by atoms with E-state index in [9.17, 15) is 10.1 Å². The molecule has 0 saturated carbocycles. The van der Waals surface area contributed by atoms with Gasteiger partial charge in [-0.1, -0.05) is 41.9 Å². The highest BCUT2D eigenvalue weighted by Crippen LogP contribution is 2.25. The summed E-state index contributed by atoms with van der Waals surface area (Å²) in [7, 11) is 0. The van der Waals surface area contributed by atoms with Crippen molar-refractivity contribution in [2.24, 2.45) is 5.92 Å². The first kappa shape index (κ1) is 15.5. The van der Waals surface area contributed by atoms with E-state index in [0.717, 1.165) is 10.0 Å². The molecular weight excluding hydrogens is 334 g/mol. The maximum absolute atomic E-state index is 11.0. The van der Waals surface area contributed by atoms with Gasteiger partial charge >= 0.3 is 0 Å². The van der Waals surface area contributed by atoms with Gasteiger partial charge in [0, 0.05) is 16.5 Å². The zero-order chi connectivity index (χ0) is 15.4. The number of benzene rings is 1. The average molecular weight is 350 g/mol. The van der Waals surface area contributed by atoms with Crippen molar-refractivity contribution in [1.29, 1.82) is 0 Å². The predicted molar refractivity (Wildman–Crippen MR) is 86.3 cm³/mol. The van der Waals surface area contributed by atoms with Crippen LogP contribution in [-0.2, 0) is 0 Å². The summed E-state index contributed by atoms with van der Waals surface area (Å²) in [5.41, 5.74) is 1.10. The Bertz CT molecular complexity index is 656. The number of rotatable bonds is 5. The van der Waals surface area contributed by atoms with Crippen LogP contribution >= 0.6 is 15.9 Å². The summed E-state index contributed by atoms with van der Waals surface area (Å²) in [6, 6.07) is 11.3. The van der Waals surface area contributed by atoms with Crippen molar-refractivity contribution in [2.75, 3.05) is 0 Å². The Morgan fingerprint density at radius 2 is 1.95 bits per heavy atom. The van der Waals surface area contributed by atoms with E-state index in [1.54, 1.807) is 6.07 Å². The highest BCUT2D eigenvalue weighted by molar-refractivity contribution is 9.10. The van der Waals surface area contributed by atoms with Crippen LogP contribution in [0.3, 0.4) is 0 Å². The molecule has 2 aromatic rings. The second-order valence-corrected chi connectivity index (χ2v) is 6.12. The van der Waals surface area contributed by atoms with Gasteiger partial charge in [-0.2, -0.15) is 0 Å². The first-order valence-electron chi connectivity index (χ1n) is 6.66. The Morgan fingerprint density at radius 3 is 2.52 bits per heavy atom. The van der Waals surface area contributed by atoms with Gasteiger partial charge in [0.2, 0.25) is 5.70 Å². The van der Waals surface area contributed by atoms with Gasteiger partial charge in [-0.05, 0) is 30.2 Å². The molecule has 2 rings (SSSR count). The molecule has 0 amide bonds. The fraction of sp³-hybridized carbons (Fsp3) is 0.250. The van der Waals surface area contributed by atoms with Crippen molar-refractivity contribution >= 4 is 22.0 Å². The molecule has 0 bridgehead atoms. The van der Waals surface area contributed by atoms with Crippen molar-refractivity contribution in [3.63, 3.8) is 0 Å². The summed E-state index contributed by atoms with van der Waals surface area (Å²) in [6.45, 7) is 3.90. The maximum atomic E-state index is 11.0. The molecule has 1 aromatic carbocycles. The van der Waals surface area contributed by atoms with Crippen LogP contribution in [0.2, 0.25) is 0 Å². The maximum Gasteiger partial charge on any atom is 0.250 e. The molecule has 0 unspecified atom stereocenters. The van der Waals surface area contributed by atoms with E-state index in [1.165, 1.54) is 6.08 Å². The minimum Gasteiger partial charge on any atom is -0.456 e. The number of furan rings is 1. The van der Waals surface area contributed by atoms with Gasteiger partial charge in [0.05, 0.1) is 11.0 Å². The summed E-state index contributed by atoms with van der Waals surface area (Å²) in [5.74, 6) is 1.42. The number of hydrogen-bond acceptors (Lipinski definition) is 3. The summed E-state index contributed by atoms with van der Waals surface area (Å²) in [5, 5.41) is 11.0. The predicted octanol–water partition coefficient (Wildman–Crippen LogP) is 5.37. The molecule has 1 aromatic heterocycles. The molecule has 0 aliphatic carbocycles. The summed E-state index contributed by atoms with van der Waals surface area (Å²) >= 11 is 3.38. The van der Waals surface area contributed by atoms with Gasteiger partial charge in [0.15, 0.2) is 0 Å². The van der Waals surface area contributed by atoms with E-state index >= 15 is 0 Å². The van der Waals surface area contributed by atoms with Gasteiger partial charge in [-0.15, -0.1) is 0 Å². The Labute approximate surface area is 131 Å². The van der Waals surface area contributed by atoms with Gasteiger partial charge in [-0.3, -0.25) is 10.1 Å². The lowest BCUT2D eigenvalue weighted by atomic mass is 10.1. The van der Waals surface area contributed by atoms with Crippen LogP contribution in [0.5, 0.6) is 0 Å². The second kappa shape index (κ2) is 6.72. The number of nitro groups is 1. The van der Waals surface area contributed by atoms with Gasteiger partial charge in [-0.25, -0.2) is 0 Å². The average Bonchev–Trinajstić information content (AvgIpc) is 2.87. The molecule has 0 N–H and O–H groups in total. The monoisotopic (exact) mass is 349 g/mol. The third-order valence-corrected chi connectivity index (χ3v) is 3.44. The molecule has 0 saturated heterocycles. The van der Waals surface area contributed by atoms with Gasteiger partial charge < -0.3 is 4.42 Å². The molecular formula is C16H16BrNO3. The lowest BCUT2D eigenvalue weighted by molar-refractivity contribution is -0.427. The third-order valence-electron chi connectivity index (χ3n) is 2.92. The van der Waals surface area contributed by atoms with E-state index in [-0.39, 0.29) is 16.5 Å². The summed E-state index contributed by atoms with van der Waals surface area (Å²) in [6.07, 6.45) is 1.92. The van der Waals surface area contributed by atoms with Crippen LogP contribution in [0.4, 0.5) is 0 Å². The van der Waals surface area contributed by atoms with Crippen molar-refractivity contribution in [3.8, 4) is 11.3 Å². The van der Waals surface area contributed by atoms with E-state index in [2.05, 4.69) is 15.9 Å². The molecule has 0 spiro atoms. The molecule has 21 heavy (non-hydrogen) atoms. The second-order valence-electron chi connectivity index (χ2n) is 5.20. The molecule has 1 heterocycles. The number of allylic oxidation sites excluding steroid dienone is 1. The molecule has 0 fully saturated rings. The highest BCUT2D eigenvalue weighted by atomic mass is 79.9. The first-order chi connectivity index (χ1) is 9.95. The normalized spacial score (nSPS) is 11.9.